The van der Waals surface area contributed by atoms with Gasteiger partial charge in [0.2, 0.25) is 5.79 Å². The maximum atomic E-state index is 6.58. The van der Waals surface area contributed by atoms with Crippen LogP contribution >= 0.6 is 35.0 Å². The van der Waals surface area contributed by atoms with E-state index in [-0.39, 0.29) is 6.10 Å². The molecule has 4 heterocycles. The molecule has 2 aromatic heterocycles. The summed E-state index contributed by atoms with van der Waals surface area (Å²) < 4.78 is 23.0. The Bertz CT molecular complexity index is 1430. The normalized spacial score (nSPS) is 21.0. The third-order valence-corrected chi connectivity index (χ3v) is 8.60. The number of benzene rings is 2. The minimum absolute atomic E-state index is 0.281. The molecule has 0 radical (unpaired) electrons. The third-order valence-electron chi connectivity index (χ3n) is 7.21. The molecule has 2 aliphatic rings. The van der Waals surface area contributed by atoms with Crippen molar-refractivity contribution >= 4 is 40.7 Å². The molecule has 2 atom stereocenters. The van der Waals surface area contributed by atoms with Gasteiger partial charge in [-0.25, -0.2) is 14.6 Å². The fourth-order valence-corrected chi connectivity index (χ4v) is 6.47. The summed E-state index contributed by atoms with van der Waals surface area (Å²) in [5, 5.41) is 4.44. The van der Waals surface area contributed by atoms with Gasteiger partial charge < -0.3 is 28.7 Å². The summed E-state index contributed by atoms with van der Waals surface area (Å²) in [5.41, 5.74) is 1.90. The molecule has 4 aromatic rings. The number of piperazine rings is 1. The van der Waals surface area contributed by atoms with E-state index in [0.717, 1.165) is 48.4 Å². The SMILES string of the molecule is CCSc1nccn1N1CCN(c2ccc(OCC3COC(Cn4ccnc4)(c4ccc(Cl)cc4Cl)O3)cc2)CC1. The fraction of sp³-hybridized carbons (Fsp3) is 0.379. The second-order valence-corrected chi connectivity index (χ2v) is 12.0. The maximum absolute atomic E-state index is 6.58. The number of ether oxygens (including phenoxy) is 3. The van der Waals surface area contributed by atoms with Crippen molar-refractivity contribution < 1.29 is 14.2 Å². The minimum atomic E-state index is -1.07. The second kappa shape index (κ2) is 12.5. The van der Waals surface area contributed by atoms with Crippen LogP contribution in [-0.2, 0) is 21.8 Å². The van der Waals surface area contributed by atoms with E-state index in [1.807, 2.05) is 41.4 Å². The number of halogens is 2. The van der Waals surface area contributed by atoms with Crippen molar-refractivity contribution in [3.05, 3.63) is 89.2 Å². The first-order chi connectivity index (χ1) is 20.0. The minimum Gasteiger partial charge on any atom is -0.491 e. The molecule has 0 spiro atoms. The van der Waals surface area contributed by atoms with E-state index in [0.29, 0.717) is 29.8 Å². The van der Waals surface area contributed by atoms with Crippen LogP contribution in [0.5, 0.6) is 5.75 Å². The zero-order chi connectivity index (χ0) is 28.2. The number of thioether (sulfide) groups is 1. The van der Waals surface area contributed by atoms with Crippen molar-refractivity contribution in [2.75, 3.05) is 55.1 Å². The highest BCUT2D eigenvalue weighted by atomic mass is 35.5. The van der Waals surface area contributed by atoms with Crippen molar-refractivity contribution in [1.82, 2.24) is 19.2 Å². The van der Waals surface area contributed by atoms with Crippen LogP contribution in [0.3, 0.4) is 0 Å². The molecule has 0 amide bonds. The summed E-state index contributed by atoms with van der Waals surface area (Å²) in [4.78, 5) is 11.0. The molecule has 0 bridgehead atoms. The molecule has 9 nitrogen and oxygen atoms in total. The molecular weight excluding hydrogens is 583 g/mol. The Hall–Kier alpha value is -2.89. The van der Waals surface area contributed by atoms with Gasteiger partial charge in [0.25, 0.3) is 0 Å². The molecule has 0 aliphatic carbocycles. The summed E-state index contributed by atoms with van der Waals surface area (Å²) in [6.45, 7) is 7.00. The summed E-state index contributed by atoms with van der Waals surface area (Å²) in [6.07, 6.45) is 8.95. The Balaban J connectivity index is 1.05. The highest BCUT2D eigenvalue weighted by molar-refractivity contribution is 7.99. The second-order valence-electron chi connectivity index (χ2n) is 9.90. The van der Waals surface area contributed by atoms with Crippen LogP contribution in [0.25, 0.3) is 0 Å². The van der Waals surface area contributed by atoms with E-state index >= 15 is 0 Å². The molecule has 6 rings (SSSR count). The lowest BCUT2D eigenvalue weighted by atomic mass is 10.1. The van der Waals surface area contributed by atoms with Gasteiger partial charge in [0, 0.05) is 54.2 Å². The molecule has 0 saturated carbocycles. The highest BCUT2D eigenvalue weighted by Gasteiger charge is 2.45. The number of hydrogen-bond acceptors (Lipinski definition) is 8. The number of nitrogens with zero attached hydrogens (tertiary/aromatic N) is 6. The van der Waals surface area contributed by atoms with Gasteiger partial charge in [-0.05, 0) is 42.2 Å². The van der Waals surface area contributed by atoms with Crippen LogP contribution in [0.15, 0.2) is 78.7 Å². The van der Waals surface area contributed by atoms with Crippen LogP contribution in [0, 0.1) is 0 Å². The first kappa shape index (κ1) is 28.2. The summed E-state index contributed by atoms with van der Waals surface area (Å²) in [5.74, 6) is 0.719. The zero-order valence-corrected chi connectivity index (χ0v) is 25.1. The Labute approximate surface area is 253 Å². The van der Waals surface area contributed by atoms with E-state index in [2.05, 4.69) is 43.6 Å². The highest BCUT2D eigenvalue weighted by Crippen LogP contribution is 2.40. The van der Waals surface area contributed by atoms with Crippen molar-refractivity contribution in [3.63, 3.8) is 0 Å². The summed E-state index contributed by atoms with van der Waals surface area (Å²) >= 11 is 14.5. The van der Waals surface area contributed by atoms with Gasteiger partial charge in [0.1, 0.15) is 18.5 Å². The van der Waals surface area contributed by atoms with Crippen LogP contribution < -0.4 is 14.6 Å². The van der Waals surface area contributed by atoms with Gasteiger partial charge in [-0.3, -0.25) is 0 Å². The average Bonchev–Trinajstić information content (AvgIpc) is 3.75. The van der Waals surface area contributed by atoms with Crippen molar-refractivity contribution in [2.45, 2.75) is 30.5 Å². The Morgan fingerprint density at radius 1 is 1.05 bits per heavy atom. The fourth-order valence-electron chi connectivity index (χ4n) is 5.22. The molecule has 2 aromatic carbocycles. The predicted octanol–water partition coefficient (Wildman–Crippen LogP) is 5.30. The van der Waals surface area contributed by atoms with Gasteiger partial charge in [0.15, 0.2) is 5.16 Å². The van der Waals surface area contributed by atoms with E-state index in [1.165, 1.54) is 5.69 Å². The average molecular weight is 616 g/mol. The summed E-state index contributed by atoms with van der Waals surface area (Å²) in [6, 6.07) is 13.6. The molecular formula is C29H32Cl2N6O3S. The Morgan fingerprint density at radius 2 is 1.88 bits per heavy atom. The first-order valence-corrected chi connectivity index (χ1v) is 15.4. The lowest BCUT2D eigenvalue weighted by molar-refractivity contribution is -0.189. The Morgan fingerprint density at radius 3 is 2.61 bits per heavy atom. The van der Waals surface area contributed by atoms with Crippen LogP contribution in [0.2, 0.25) is 10.0 Å². The topological polar surface area (TPSA) is 69.8 Å². The van der Waals surface area contributed by atoms with Gasteiger partial charge in [-0.15, -0.1) is 0 Å². The molecule has 2 saturated heterocycles. The van der Waals surface area contributed by atoms with Gasteiger partial charge in [-0.1, -0.05) is 48.0 Å². The smallest absolute Gasteiger partial charge is 0.215 e. The summed E-state index contributed by atoms with van der Waals surface area (Å²) in [7, 11) is 0. The standard InChI is InChI=1S/C29H32Cl2N6O3S/c1-2-41-28-33-10-12-37(28)36-15-13-35(14-16-36)23-4-6-24(7-5-23)38-18-25-19-39-29(40-25,20-34-11-9-32-21-34)26-8-3-22(30)17-27(26)31/h3-12,17,21,25H,2,13-16,18-20H2,1H3. The monoisotopic (exact) mass is 614 g/mol. The van der Waals surface area contributed by atoms with Crippen molar-refractivity contribution in [2.24, 2.45) is 0 Å². The van der Waals surface area contributed by atoms with Crippen molar-refractivity contribution in [1.29, 1.82) is 0 Å². The quantitative estimate of drug-likeness (QED) is 0.223. The first-order valence-electron chi connectivity index (χ1n) is 13.7. The molecule has 0 N–H and O–H groups in total. The molecule has 2 fully saturated rings. The van der Waals surface area contributed by atoms with Crippen LogP contribution in [0.4, 0.5) is 5.69 Å². The third kappa shape index (κ3) is 6.32. The van der Waals surface area contributed by atoms with Crippen molar-refractivity contribution in [3.8, 4) is 5.75 Å². The molecule has 12 heteroatoms. The lowest BCUT2D eigenvalue weighted by Crippen LogP contribution is -2.51. The largest absolute Gasteiger partial charge is 0.491 e. The predicted molar refractivity (Wildman–Crippen MR) is 162 cm³/mol. The van der Waals surface area contributed by atoms with E-state index in [9.17, 15) is 0 Å². The van der Waals surface area contributed by atoms with Gasteiger partial charge in [0.05, 0.1) is 37.6 Å². The van der Waals surface area contributed by atoms with E-state index in [1.54, 1.807) is 36.4 Å². The van der Waals surface area contributed by atoms with E-state index < -0.39 is 5.79 Å². The molecule has 2 aliphatic heterocycles. The van der Waals surface area contributed by atoms with Crippen LogP contribution in [-0.4, -0.2) is 70.5 Å². The number of rotatable bonds is 10. The lowest BCUT2D eigenvalue weighted by Gasteiger charge is -2.38. The number of imidazole rings is 2. The number of aromatic nitrogens is 4. The number of hydrogen-bond donors (Lipinski definition) is 0. The molecule has 216 valence electrons. The Kier molecular flexibility index (Phi) is 8.64. The van der Waals surface area contributed by atoms with Gasteiger partial charge >= 0.3 is 0 Å². The van der Waals surface area contributed by atoms with E-state index in [4.69, 9.17) is 37.4 Å². The van der Waals surface area contributed by atoms with Crippen LogP contribution in [0.1, 0.15) is 12.5 Å². The molecule has 41 heavy (non-hydrogen) atoms. The molecule has 2 unspecified atom stereocenters. The maximum Gasteiger partial charge on any atom is 0.215 e. The zero-order valence-electron chi connectivity index (χ0n) is 22.7. The van der Waals surface area contributed by atoms with Gasteiger partial charge in [-0.2, -0.15) is 0 Å². The number of anilines is 1.